The number of carbonyl (C=O) groups excluding carboxylic acids is 1. The van der Waals surface area contributed by atoms with E-state index < -0.39 is 0 Å². The van der Waals surface area contributed by atoms with Crippen LogP contribution in [0.4, 0.5) is 0 Å². The molecule has 0 aliphatic rings. The Balaban J connectivity index is 0. The minimum atomic E-state index is -0.250. The molecule has 0 aliphatic heterocycles. The zero-order chi connectivity index (χ0) is 43.0. The van der Waals surface area contributed by atoms with Crippen LogP contribution < -0.4 is 0 Å². The van der Waals surface area contributed by atoms with Gasteiger partial charge in [0.05, 0.1) is 13.2 Å². The summed E-state index contributed by atoms with van der Waals surface area (Å²) < 4.78 is 11.3. The summed E-state index contributed by atoms with van der Waals surface area (Å²) in [5.41, 5.74) is 4.43. The molecule has 0 spiro atoms. The van der Waals surface area contributed by atoms with Gasteiger partial charge in [0, 0.05) is 0 Å². The number of carboxylic acid groups (broad SMARTS) is 1. The molecule has 3 N–H and O–H groups in total. The van der Waals surface area contributed by atoms with Gasteiger partial charge in [-0.3, -0.25) is 4.79 Å². The number of hydrogen-bond acceptors (Lipinski definition) is 6. The Labute approximate surface area is 342 Å². The molecule has 4 rings (SSSR count). The van der Waals surface area contributed by atoms with Crippen LogP contribution in [0.2, 0.25) is 0 Å². The topological polar surface area (TPSA) is 113 Å². The number of aliphatic hydroxyl groups excluding tert-OH is 2. The van der Waals surface area contributed by atoms with Gasteiger partial charge in [0.15, 0.2) is 0 Å². The van der Waals surface area contributed by atoms with Crippen LogP contribution in [-0.2, 0) is 45.5 Å². The van der Waals surface area contributed by atoms with Crippen molar-refractivity contribution < 1.29 is 34.4 Å². The largest absolute Gasteiger partial charge is 0.489 e. The molecule has 0 saturated carbocycles. The number of carbonyl (C=O) groups is 2. The van der Waals surface area contributed by atoms with Crippen molar-refractivity contribution in [3.05, 3.63) is 217 Å². The highest BCUT2D eigenvalue weighted by Gasteiger charge is 2.02. The van der Waals surface area contributed by atoms with Gasteiger partial charge in [-0.15, -0.1) is 0 Å². The molecule has 7 heteroatoms. The molecular weight excluding hydrogens is 713 g/mol. The van der Waals surface area contributed by atoms with Crippen LogP contribution in [0, 0.1) is 11.3 Å². The monoisotopic (exact) mass is 776 g/mol. The minimum absolute atomic E-state index is 0.140. The average molecular weight is 777 g/mol. The Morgan fingerprint density at radius 3 is 1.16 bits per heavy atom. The Morgan fingerprint density at radius 2 is 0.912 bits per heavy atom. The Hall–Kier alpha value is -6.02. The number of ether oxygens (including phenoxy) is 2. The maximum absolute atomic E-state index is 8.81. The molecule has 7 nitrogen and oxygen atoms in total. The molecule has 0 aliphatic carbocycles. The van der Waals surface area contributed by atoms with Crippen LogP contribution in [0.5, 0.6) is 0 Å². The van der Waals surface area contributed by atoms with Crippen LogP contribution in [-0.4, -0.2) is 28.1 Å². The summed E-state index contributed by atoms with van der Waals surface area (Å²) in [5, 5.41) is 24.0. The van der Waals surface area contributed by atoms with E-state index in [0.717, 1.165) is 40.1 Å². The van der Waals surface area contributed by atoms with Crippen LogP contribution in [0.25, 0.3) is 0 Å². The number of aldehydes is 1. The number of aliphatic hydroxyl groups is 2. The highest BCUT2D eigenvalue weighted by molar-refractivity contribution is 5.44. The molecule has 0 radical (unpaired) electrons. The van der Waals surface area contributed by atoms with Gasteiger partial charge in [-0.25, -0.2) is 0 Å². The quantitative estimate of drug-likeness (QED) is 0.0704. The predicted octanol–water partition coefficient (Wildman–Crippen LogP) is 11.6. The second kappa shape index (κ2) is 36.9. The fraction of sp³-hybridized carbons (Fsp3) is 0.240. The van der Waals surface area contributed by atoms with E-state index in [4.69, 9.17) is 34.4 Å². The van der Waals surface area contributed by atoms with Crippen molar-refractivity contribution in [2.75, 3.05) is 0 Å². The fourth-order valence-corrected chi connectivity index (χ4v) is 3.80. The molecular formula is C50H64O7. The number of hydrogen-bond donors (Lipinski definition) is 3. The van der Waals surface area contributed by atoms with Crippen LogP contribution >= 0.6 is 0 Å². The maximum Gasteiger partial charge on any atom is 0.290 e. The SMILES string of the molecule is C=C/C(=C\C=C\C(C)(C)C)OCc1ccccc1.C=C/C(=C\C=C\C(C)C)OCc1ccccc1.CC=O.O=CO.OCc1ccccc1.OCc1ccccc1. The predicted molar refractivity (Wildman–Crippen MR) is 237 cm³/mol. The summed E-state index contributed by atoms with van der Waals surface area (Å²) in [5.74, 6) is 2.14. The lowest BCUT2D eigenvalue weighted by molar-refractivity contribution is -0.122. The minimum Gasteiger partial charge on any atom is -0.489 e. The molecule has 0 unspecified atom stereocenters. The van der Waals surface area contributed by atoms with Gasteiger partial charge in [-0.05, 0) is 64.8 Å². The maximum atomic E-state index is 8.81. The first-order valence-corrected chi connectivity index (χ1v) is 18.6. The van der Waals surface area contributed by atoms with Crippen molar-refractivity contribution in [2.45, 2.75) is 68.0 Å². The molecule has 0 aromatic heterocycles. The summed E-state index contributed by atoms with van der Waals surface area (Å²) >= 11 is 0. The molecule has 0 heterocycles. The molecule has 0 atom stereocenters. The third-order valence-electron chi connectivity index (χ3n) is 6.56. The molecule has 0 bridgehead atoms. The first-order chi connectivity index (χ1) is 27.4. The van der Waals surface area contributed by atoms with Crippen LogP contribution in [0.3, 0.4) is 0 Å². The Morgan fingerprint density at radius 1 is 0.614 bits per heavy atom. The third kappa shape index (κ3) is 35.4. The lowest BCUT2D eigenvalue weighted by Gasteiger charge is -2.10. The highest BCUT2D eigenvalue weighted by Crippen LogP contribution is 2.15. The van der Waals surface area contributed by atoms with Gasteiger partial charge in [-0.1, -0.05) is 193 Å². The van der Waals surface area contributed by atoms with E-state index in [0.29, 0.717) is 19.1 Å². The molecule has 57 heavy (non-hydrogen) atoms. The molecule has 306 valence electrons. The normalized spacial score (nSPS) is 10.6. The van der Waals surface area contributed by atoms with Crippen molar-refractivity contribution >= 4 is 12.8 Å². The molecule has 0 amide bonds. The van der Waals surface area contributed by atoms with Crippen molar-refractivity contribution in [1.82, 2.24) is 0 Å². The van der Waals surface area contributed by atoms with E-state index in [2.05, 4.69) is 59.9 Å². The second-order valence-electron chi connectivity index (χ2n) is 13.1. The summed E-state index contributed by atoms with van der Waals surface area (Å²) in [6.45, 7) is 20.9. The Bertz CT molecular complexity index is 1620. The van der Waals surface area contributed by atoms with Crippen LogP contribution in [0.15, 0.2) is 195 Å². The van der Waals surface area contributed by atoms with E-state index in [1.54, 1.807) is 12.2 Å². The lowest BCUT2D eigenvalue weighted by atomic mass is 9.96. The van der Waals surface area contributed by atoms with Gasteiger partial charge < -0.3 is 29.6 Å². The molecule has 4 aromatic rings. The number of benzene rings is 4. The van der Waals surface area contributed by atoms with E-state index >= 15 is 0 Å². The van der Waals surface area contributed by atoms with Gasteiger partial charge in [0.2, 0.25) is 0 Å². The van der Waals surface area contributed by atoms with Crippen molar-refractivity contribution in [3.63, 3.8) is 0 Å². The summed E-state index contributed by atoms with van der Waals surface area (Å²) in [6, 6.07) is 39.3. The van der Waals surface area contributed by atoms with E-state index in [-0.39, 0.29) is 25.1 Å². The number of allylic oxidation sites excluding steroid dienone is 8. The molecule has 0 saturated heterocycles. The van der Waals surface area contributed by atoms with E-state index in [1.807, 2.05) is 146 Å². The smallest absolute Gasteiger partial charge is 0.290 e. The first-order valence-electron chi connectivity index (χ1n) is 18.6. The lowest BCUT2D eigenvalue weighted by Crippen LogP contribution is -1.98. The number of rotatable bonds is 13. The van der Waals surface area contributed by atoms with Gasteiger partial charge in [-0.2, -0.15) is 0 Å². The van der Waals surface area contributed by atoms with Crippen molar-refractivity contribution in [3.8, 4) is 0 Å². The average Bonchev–Trinajstić information content (AvgIpc) is 3.22. The highest BCUT2D eigenvalue weighted by atomic mass is 16.5. The summed E-state index contributed by atoms with van der Waals surface area (Å²) in [6.07, 6.45) is 16.4. The summed E-state index contributed by atoms with van der Waals surface area (Å²) in [4.78, 5) is 17.2. The van der Waals surface area contributed by atoms with Crippen molar-refractivity contribution in [1.29, 1.82) is 0 Å². The zero-order valence-corrected chi connectivity index (χ0v) is 34.6. The van der Waals surface area contributed by atoms with Gasteiger partial charge >= 0.3 is 0 Å². The Kier molecular flexibility index (Phi) is 34.4. The fourth-order valence-electron chi connectivity index (χ4n) is 3.80. The van der Waals surface area contributed by atoms with E-state index in [9.17, 15) is 0 Å². The van der Waals surface area contributed by atoms with Gasteiger partial charge in [0.25, 0.3) is 6.47 Å². The van der Waals surface area contributed by atoms with Gasteiger partial charge in [0.1, 0.15) is 31.0 Å². The third-order valence-corrected chi connectivity index (χ3v) is 6.56. The van der Waals surface area contributed by atoms with Crippen LogP contribution in [0.1, 0.15) is 63.8 Å². The molecule has 0 fully saturated rings. The first kappa shape index (κ1) is 53.1. The summed E-state index contributed by atoms with van der Waals surface area (Å²) in [7, 11) is 0. The van der Waals surface area contributed by atoms with E-state index in [1.165, 1.54) is 6.92 Å². The van der Waals surface area contributed by atoms with Crippen molar-refractivity contribution in [2.24, 2.45) is 11.3 Å². The molecule has 4 aromatic carbocycles. The second-order valence-corrected chi connectivity index (χ2v) is 13.1. The standard InChI is InChI=1S/C17H22O.C16H20O.2C7H8O.C2H4O.CH2O2/c1-5-16(12-9-13-17(2,3)4)18-14-15-10-7-6-8-11-15;1-4-16(12-8-9-14(2)3)17-13-15-10-6-5-7-11-15;2*8-6-7-4-2-1-3-5-7;1-2-3;2-1-3/h5-13H,1,14H2,2-4H3;4-12,14H,1,13H2,2-3H3;2*1-5,8H,6H2;2H,1H3;1H,(H,2,3)/b13-9+,16-12+;9-8+,16-12+;;;;. The zero-order valence-electron chi connectivity index (χ0n) is 34.6.